The molecule has 326 valence electrons. The Morgan fingerprint density at radius 3 is 2.19 bits per heavy atom. The maximum atomic E-state index is 13.3. The van der Waals surface area contributed by atoms with Gasteiger partial charge in [0.15, 0.2) is 46.0 Å². The maximum absolute atomic E-state index is 13.3. The Morgan fingerprint density at radius 1 is 0.694 bits per heavy atom. The van der Waals surface area contributed by atoms with Crippen LogP contribution >= 0.6 is 0 Å². The van der Waals surface area contributed by atoms with Crippen molar-refractivity contribution in [2.75, 3.05) is 74.9 Å². The number of methoxy groups -OCH3 is 3. The largest absolute Gasteiger partial charge is 0.493 e. The summed E-state index contributed by atoms with van der Waals surface area (Å²) < 4.78 is 78.6. The molecule has 0 amide bonds. The molecule has 5 aromatic carbocycles. The highest BCUT2D eigenvalue weighted by molar-refractivity contribution is 7.89. The van der Waals surface area contributed by atoms with E-state index in [9.17, 15) is 8.42 Å². The van der Waals surface area contributed by atoms with E-state index in [-0.39, 0.29) is 42.5 Å². The van der Waals surface area contributed by atoms with Gasteiger partial charge in [-0.25, -0.2) is 13.1 Å². The van der Waals surface area contributed by atoms with Gasteiger partial charge in [0, 0.05) is 37.3 Å². The Kier molecular flexibility index (Phi) is 11.8. The maximum Gasteiger partial charge on any atom is 0.244 e. The first-order chi connectivity index (χ1) is 30.1. The Bertz CT molecular complexity index is 2570. The van der Waals surface area contributed by atoms with Gasteiger partial charge in [0.05, 0.1) is 27.9 Å². The molecule has 1 N–H and O–H groups in total. The highest BCUT2D eigenvalue weighted by atomic mass is 32.2. The monoisotopic (exact) mass is 863 g/mol. The molecular formula is C48H53N3O10S. The molecule has 5 aliphatic heterocycles. The summed E-state index contributed by atoms with van der Waals surface area (Å²) in [6.45, 7) is 2.80. The Labute approximate surface area is 363 Å². The van der Waals surface area contributed by atoms with Crippen LogP contribution in [-0.4, -0.2) is 93.1 Å². The number of nitrogens with one attached hydrogen (secondary N) is 1. The van der Waals surface area contributed by atoms with E-state index in [1.54, 1.807) is 33.5 Å². The predicted molar refractivity (Wildman–Crippen MR) is 234 cm³/mol. The molecule has 5 aliphatic rings. The first-order valence-corrected chi connectivity index (χ1v) is 22.6. The van der Waals surface area contributed by atoms with Gasteiger partial charge in [-0.15, -0.1) is 0 Å². The number of benzene rings is 5. The van der Waals surface area contributed by atoms with Crippen LogP contribution in [0.2, 0.25) is 0 Å². The Hall–Kier alpha value is -5.67. The second-order valence-electron chi connectivity index (χ2n) is 16.1. The van der Waals surface area contributed by atoms with E-state index in [0.29, 0.717) is 71.2 Å². The second-order valence-corrected chi connectivity index (χ2v) is 17.9. The molecule has 0 saturated carbocycles. The SMILES string of the molecule is COc1cc2c3cc1Oc1c(OC)c(OC)cc4c1[C@H](Cc1ccc(OCCCNS(=O)(=O)c5cccc6c5OCCO6)c(c1)Oc1ccc(cc1)C[C@H]3N(C)CC2)N(C)CC4. The van der Waals surface area contributed by atoms with Gasteiger partial charge in [-0.05, 0) is 129 Å². The molecule has 0 unspecified atom stereocenters. The van der Waals surface area contributed by atoms with Gasteiger partial charge in [-0.1, -0.05) is 24.3 Å². The number of sulfonamides is 1. The lowest BCUT2D eigenvalue weighted by Crippen LogP contribution is -2.34. The predicted octanol–water partition coefficient (Wildman–Crippen LogP) is 7.67. The molecule has 5 heterocycles. The summed E-state index contributed by atoms with van der Waals surface area (Å²) >= 11 is 0. The van der Waals surface area contributed by atoms with Crippen molar-refractivity contribution in [2.24, 2.45) is 0 Å². The molecule has 6 bridgehead atoms. The third-order valence-electron chi connectivity index (χ3n) is 12.3. The molecule has 0 aromatic heterocycles. The van der Waals surface area contributed by atoms with Crippen LogP contribution < -0.4 is 42.6 Å². The standard InChI is InChI=1S/C48H53N3O10S/c1-50-19-16-32-27-40(54-3)42-29-35(32)36(50)24-30-10-13-34(14-11-30)60-41-26-31(25-37-45-33(17-20-51(37)2)28-43(55-4)47(56-5)48(45)61-42)12-15-38(41)57-21-7-18-49-62(52,53)44-9-6-8-39-46(44)59-23-22-58-39/h6,8-15,26-29,36-37,49H,7,16-25H2,1-5H3/t36-,37+/m1/s1. The van der Waals surface area contributed by atoms with Crippen LogP contribution in [0.5, 0.6) is 57.5 Å². The summed E-state index contributed by atoms with van der Waals surface area (Å²) in [6, 6.07) is 25.5. The highest BCUT2D eigenvalue weighted by Gasteiger charge is 2.35. The normalized spacial score (nSPS) is 18.3. The van der Waals surface area contributed by atoms with Crippen LogP contribution in [0.25, 0.3) is 0 Å². The van der Waals surface area contributed by atoms with E-state index in [1.807, 2.05) is 24.3 Å². The van der Waals surface area contributed by atoms with E-state index in [1.165, 1.54) is 22.8 Å². The van der Waals surface area contributed by atoms with Crippen LogP contribution in [-0.2, 0) is 35.7 Å². The van der Waals surface area contributed by atoms with Crippen molar-refractivity contribution in [1.29, 1.82) is 0 Å². The Balaban J connectivity index is 1.05. The average molecular weight is 864 g/mol. The second kappa shape index (κ2) is 17.6. The molecule has 0 saturated heterocycles. The summed E-state index contributed by atoms with van der Waals surface area (Å²) in [7, 11) is 5.44. The average Bonchev–Trinajstić information content (AvgIpc) is 3.28. The first-order valence-electron chi connectivity index (χ1n) is 21.1. The third kappa shape index (κ3) is 8.19. The zero-order valence-corrected chi connectivity index (χ0v) is 36.6. The van der Waals surface area contributed by atoms with E-state index >= 15 is 0 Å². The van der Waals surface area contributed by atoms with Crippen LogP contribution in [0, 0.1) is 0 Å². The third-order valence-corrected chi connectivity index (χ3v) is 13.8. The summed E-state index contributed by atoms with van der Waals surface area (Å²) in [5.41, 5.74) is 6.79. The van der Waals surface area contributed by atoms with Crippen molar-refractivity contribution in [3.05, 3.63) is 112 Å². The summed E-state index contributed by atoms with van der Waals surface area (Å²) in [5, 5.41) is 0. The molecule has 0 radical (unpaired) electrons. The number of nitrogens with zero attached hydrogens (tertiary/aromatic N) is 2. The van der Waals surface area contributed by atoms with E-state index in [4.69, 9.17) is 37.9 Å². The number of rotatable bonds is 10. The van der Waals surface area contributed by atoms with Crippen LogP contribution in [0.4, 0.5) is 0 Å². The molecule has 14 heteroatoms. The van der Waals surface area contributed by atoms with Crippen LogP contribution in [0.1, 0.15) is 51.9 Å². The molecule has 10 rings (SSSR count). The van der Waals surface area contributed by atoms with E-state index in [0.717, 1.165) is 49.0 Å². The number of ether oxygens (including phenoxy) is 8. The fourth-order valence-corrected chi connectivity index (χ4v) is 10.3. The van der Waals surface area contributed by atoms with E-state index < -0.39 is 10.0 Å². The summed E-state index contributed by atoms with van der Waals surface area (Å²) in [5.74, 6) is 5.46. The van der Waals surface area contributed by atoms with Gasteiger partial charge >= 0.3 is 0 Å². The molecule has 0 spiro atoms. The first kappa shape index (κ1) is 41.7. The summed E-state index contributed by atoms with van der Waals surface area (Å²) in [6.07, 6.45) is 3.51. The molecule has 0 fully saturated rings. The molecule has 13 nitrogen and oxygen atoms in total. The quantitative estimate of drug-likeness (QED) is 0.139. The van der Waals surface area contributed by atoms with Gasteiger partial charge in [0.2, 0.25) is 15.8 Å². The summed E-state index contributed by atoms with van der Waals surface area (Å²) in [4.78, 5) is 4.80. The highest BCUT2D eigenvalue weighted by Crippen LogP contribution is 2.52. The lowest BCUT2D eigenvalue weighted by Gasteiger charge is -2.37. The van der Waals surface area contributed by atoms with Gasteiger partial charge in [-0.3, -0.25) is 9.80 Å². The van der Waals surface area contributed by atoms with Crippen molar-refractivity contribution >= 4 is 10.0 Å². The number of para-hydroxylation sites is 1. The number of fused-ring (bicyclic) bond motifs is 3. The number of likely N-dealkylation sites (N-methyl/N-ethyl adjacent to an activating group) is 2. The van der Waals surface area contributed by atoms with Crippen molar-refractivity contribution in [3.8, 4) is 57.5 Å². The lowest BCUT2D eigenvalue weighted by molar-refractivity contribution is 0.167. The van der Waals surface area contributed by atoms with Gasteiger partial charge in [0.25, 0.3) is 0 Å². The van der Waals surface area contributed by atoms with E-state index in [2.05, 4.69) is 65.0 Å². The smallest absolute Gasteiger partial charge is 0.244 e. The number of hydrogen-bond acceptors (Lipinski definition) is 12. The zero-order chi connectivity index (χ0) is 43.0. The van der Waals surface area contributed by atoms with Gasteiger partial charge < -0.3 is 37.9 Å². The minimum atomic E-state index is -3.86. The van der Waals surface area contributed by atoms with Gasteiger partial charge in [0.1, 0.15) is 23.9 Å². The fraction of sp³-hybridized carbons (Fsp3) is 0.375. The fourth-order valence-electron chi connectivity index (χ4n) is 9.02. The van der Waals surface area contributed by atoms with Crippen molar-refractivity contribution in [3.63, 3.8) is 0 Å². The van der Waals surface area contributed by atoms with Crippen molar-refractivity contribution in [2.45, 2.75) is 49.1 Å². The van der Waals surface area contributed by atoms with Crippen molar-refractivity contribution in [1.82, 2.24) is 14.5 Å². The number of hydrogen-bond donors (Lipinski definition) is 1. The van der Waals surface area contributed by atoms with Crippen LogP contribution in [0.3, 0.4) is 0 Å². The topological polar surface area (TPSA) is 126 Å². The zero-order valence-electron chi connectivity index (χ0n) is 35.8. The van der Waals surface area contributed by atoms with Crippen molar-refractivity contribution < 1.29 is 46.3 Å². The van der Waals surface area contributed by atoms with Crippen LogP contribution in [0.15, 0.2) is 83.8 Å². The molecule has 62 heavy (non-hydrogen) atoms. The minimum Gasteiger partial charge on any atom is -0.493 e. The molecular weight excluding hydrogens is 811 g/mol. The lowest BCUT2D eigenvalue weighted by atomic mass is 9.87. The Morgan fingerprint density at radius 2 is 1.40 bits per heavy atom. The molecule has 5 aromatic rings. The molecule has 2 atom stereocenters. The van der Waals surface area contributed by atoms with Gasteiger partial charge in [-0.2, -0.15) is 0 Å². The molecule has 0 aliphatic carbocycles. The minimum absolute atomic E-state index is 0.0525.